The molecule has 2 aliphatic carbocycles. The molecule has 0 spiro atoms. The van der Waals surface area contributed by atoms with Gasteiger partial charge in [0.1, 0.15) is 0 Å². The second kappa shape index (κ2) is 2.39. The number of hydrogen-bond donors (Lipinski definition) is 1. The molecule has 0 heterocycles. The van der Waals surface area contributed by atoms with Crippen LogP contribution in [0.3, 0.4) is 0 Å². The third-order valence-corrected chi connectivity index (χ3v) is 2.87. The van der Waals surface area contributed by atoms with Gasteiger partial charge < -0.3 is 5.11 Å². The first-order valence-electron chi connectivity index (χ1n) is 4.21. The van der Waals surface area contributed by atoms with Gasteiger partial charge in [0.25, 0.3) is 0 Å². The summed E-state index contributed by atoms with van der Waals surface area (Å²) in [6.07, 6.45) is 9.04. The van der Waals surface area contributed by atoms with Crippen LogP contribution in [0.15, 0.2) is 12.2 Å². The van der Waals surface area contributed by atoms with E-state index < -0.39 is 0 Å². The Hall–Kier alpha value is -0.300. The number of hydrogen-bond acceptors (Lipinski definition) is 1. The van der Waals surface area contributed by atoms with E-state index in [1.807, 2.05) is 6.08 Å². The van der Waals surface area contributed by atoms with Crippen molar-refractivity contribution >= 4 is 0 Å². The van der Waals surface area contributed by atoms with Crippen molar-refractivity contribution in [1.82, 2.24) is 0 Å². The van der Waals surface area contributed by atoms with Crippen molar-refractivity contribution in [3.05, 3.63) is 12.2 Å². The monoisotopic (exact) mass is 138 g/mol. The summed E-state index contributed by atoms with van der Waals surface area (Å²) < 4.78 is 0. The van der Waals surface area contributed by atoms with Crippen LogP contribution in [-0.2, 0) is 0 Å². The summed E-state index contributed by atoms with van der Waals surface area (Å²) in [6, 6.07) is 0. The van der Waals surface area contributed by atoms with Crippen molar-refractivity contribution in [1.29, 1.82) is 0 Å². The molecule has 0 saturated heterocycles. The van der Waals surface area contributed by atoms with Crippen LogP contribution in [0.25, 0.3) is 0 Å². The Kier molecular flexibility index (Phi) is 1.53. The van der Waals surface area contributed by atoms with Crippen molar-refractivity contribution < 1.29 is 5.11 Å². The van der Waals surface area contributed by atoms with Gasteiger partial charge in [0.2, 0.25) is 0 Å². The minimum atomic E-state index is -0.132. The summed E-state index contributed by atoms with van der Waals surface area (Å²) >= 11 is 0. The Labute approximate surface area is 61.8 Å². The van der Waals surface area contributed by atoms with E-state index in [4.69, 9.17) is 0 Å². The molecule has 2 rings (SSSR count). The first kappa shape index (κ1) is 6.41. The summed E-state index contributed by atoms with van der Waals surface area (Å²) in [7, 11) is 0. The van der Waals surface area contributed by atoms with Gasteiger partial charge in [-0.2, -0.15) is 0 Å². The molecule has 0 aromatic carbocycles. The zero-order chi connectivity index (χ0) is 6.97. The van der Waals surface area contributed by atoms with Crippen molar-refractivity contribution in [2.75, 3.05) is 0 Å². The van der Waals surface area contributed by atoms with Gasteiger partial charge in [-0.1, -0.05) is 12.2 Å². The van der Waals surface area contributed by atoms with Crippen LogP contribution in [0, 0.1) is 11.8 Å². The van der Waals surface area contributed by atoms with Crippen LogP contribution in [-0.4, -0.2) is 11.2 Å². The topological polar surface area (TPSA) is 20.2 Å². The maximum atomic E-state index is 9.49. The smallest absolute Gasteiger partial charge is 0.0749 e. The molecule has 0 aliphatic heterocycles. The summed E-state index contributed by atoms with van der Waals surface area (Å²) in [4.78, 5) is 0. The van der Waals surface area contributed by atoms with Crippen molar-refractivity contribution in [3.8, 4) is 0 Å². The fourth-order valence-electron chi connectivity index (χ4n) is 2.21. The molecule has 2 bridgehead atoms. The molecule has 0 radical (unpaired) electrons. The van der Waals surface area contributed by atoms with Crippen LogP contribution >= 0.6 is 0 Å². The molecule has 1 N–H and O–H groups in total. The second-order valence-electron chi connectivity index (χ2n) is 3.59. The molecule has 0 aromatic heterocycles. The Morgan fingerprint density at radius 3 is 3.10 bits per heavy atom. The average Bonchev–Trinajstić information content (AvgIpc) is 2.27. The zero-order valence-electron chi connectivity index (χ0n) is 6.16. The van der Waals surface area contributed by atoms with Crippen LogP contribution in [0.5, 0.6) is 0 Å². The molecule has 0 aromatic rings. The van der Waals surface area contributed by atoms with E-state index in [0.29, 0.717) is 5.92 Å². The predicted octanol–water partition coefficient (Wildman–Crippen LogP) is 1.72. The van der Waals surface area contributed by atoms with Crippen molar-refractivity contribution in [2.24, 2.45) is 11.8 Å². The van der Waals surface area contributed by atoms with Crippen LogP contribution in [0.1, 0.15) is 25.7 Å². The average molecular weight is 138 g/mol. The van der Waals surface area contributed by atoms with E-state index in [9.17, 15) is 5.11 Å². The van der Waals surface area contributed by atoms with Gasteiger partial charge >= 0.3 is 0 Å². The summed E-state index contributed by atoms with van der Waals surface area (Å²) in [5.74, 6) is 1.47. The number of aliphatic hydroxyl groups is 1. The highest BCUT2D eigenvalue weighted by Crippen LogP contribution is 2.37. The Balaban J connectivity index is 2.13. The maximum absolute atomic E-state index is 9.49. The molecular formula is C9H14O. The number of aliphatic hydroxyl groups excluding tert-OH is 1. The SMILES string of the molecule is O[C@H]1C=CC[C@H]2CC[C@@H]1C2. The summed E-state index contributed by atoms with van der Waals surface area (Å²) in [5.41, 5.74) is 0. The third kappa shape index (κ3) is 0.988. The third-order valence-electron chi connectivity index (χ3n) is 2.87. The van der Waals surface area contributed by atoms with Gasteiger partial charge in [-0.3, -0.25) is 0 Å². The minimum absolute atomic E-state index is 0.132. The van der Waals surface area contributed by atoms with E-state index in [-0.39, 0.29) is 6.10 Å². The highest BCUT2D eigenvalue weighted by molar-refractivity contribution is 5.00. The van der Waals surface area contributed by atoms with Gasteiger partial charge in [-0.15, -0.1) is 0 Å². The molecule has 2 aliphatic rings. The van der Waals surface area contributed by atoms with E-state index >= 15 is 0 Å². The van der Waals surface area contributed by atoms with Crippen molar-refractivity contribution in [2.45, 2.75) is 31.8 Å². The normalized spacial score (nSPS) is 45.5. The molecule has 10 heavy (non-hydrogen) atoms. The fraction of sp³-hybridized carbons (Fsp3) is 0.778. The van der Waals surface area contributed by atoms with Gasteiger partial charge in [0.05, 0.1) is 6.10 Å². The molecule has 1 fully saturated rings. The van der Waals surface area contributed by atoms with E-state index in [2.05, 4.69) is 6.08 Å². The van der Waals surface area contributed by atoms with Crippen LogP contribution in [0.2, 0.25) is 0 Å². The maximum Gasteiger partial charge on any atom is 0.0749 e. The van der Waals surface area contributed by atoms with Crippen LogP contribution < -0.4 is 0 Å². The highest BCUT2D eigenvalue weighted by Gasteiger charge is 2.29. The van der Waals surface area contributed by atoms with Crippen molar-refractivity contribution in [3.63, 3.8) is 0 Å². The quantitative estimate of drug-likeness (QED) is 0.505. The molecule has 0 amide bonds. The molecular weight excluding hydrogens is 124 g/mol. The van der Waals surface area contributed by atoms with Gasteiger partial charge in [0.15, 0.2) is 0 Å². The molecule has 0 unspecified atom stereocenters. The molecule has 56 valence electrons. The Morgan fingerprint density at radius 2 is 2.20 bits per heavy atom. The van der Waals surface area contributed by atoms with E-state index in [1.54, 1.807) is 0 Å². The van der Waals surface area contributed by atoms with E-state index in [1.165, 1.54) is 25.7 Å². The highest BCUT2D eigenvalue weighted by atomic mass is 16.3. The predicted molar refractivity (Wildman–Crippen MR) is 40.6 cm³/mol. The lowest BCUT2D eigenvalue weighted by Crippen LogP contribution is -2.13. The van der Waals surface area contributed by atoms with Gasteiger partial charge in [0, 0.05) is 0 Å². The van der Waals surface area contributed by atoms with Gasteiger partial charge in [-0.05, 0) is 37.5 Å². The first-order valence-corrected chi connectivity index (χ1v) is 4.21. The molecule has 1 saturated carbocycles. The Morgan fingerprint density at radius 1 is 1.30 bits per heavy atom. The summed E-state index contributed by atoms with van der Waals surface area (Å²) in [6.45, 7) is 0. The lowest BCUT2D eigenvalue weighted by molar-refractivity contribution is 0.155. The lowest BCUT2D eigenvalue weighted by Gasteiger charge is -2.11. The fourth-order valence-corrected chi connectivity index (χ4v) is 2.21. The second-order valence-corrected chi connectivity index (χ2v) is 3.59. The van der Waals surface area contributed by atoms with E-state index in [0.717, 1.165) is 5.92 Å². The van der Waals surface area contributed by atoms with Gasteiger partial charge in [-0.25, -0.2) is 0 Å². The largest absolute Gasteiger partial charge is 0.389 e. The number of allylic oxidation sites excluding steroid dienone is 1. The Bertz CT molecular complexity index is 151. The number of rotatable bonds is 0. The summed E-state index contributed by atoms with van der Waals surface area (Å²) in [5, 5.41) is 9.49. The molecule has 1 nitrogen and oxygen atoms in total. The minimum Gasteiger partial charge on any atom is -0.389 e. The first-order chi connectivity index (χ1) is 4.86. The zero-order valence-corrected chi connectivity index (χ0v) is 6.16. The molecule has 1 heteroatoms. The number of fused-ring (bicyclic) bond motifs is 2. The van der Waals surface area contributed by atoms with Crippen LogP contribution in [0.4, 0.5) is 0 Å². The standard InChI is InChI=1S/C9H14O/c10-9-3-1-2-7-4-5-8(9)6-7/h1,3,7-10H,2,4-6H2/t7-,8+,9-/m0/s1. The molecule has 3 atom stereocenters. The lowest BCUT2D eigenvalue weighted by atomic mass is 10.0.